The van der Waals surface area contributed by atoms with E-state index in [4.69, 9.17) is 4.74 Å². The maximum Gasteiger partial charge on any atom is 0.307 e. The first-order valence-electron chi connectivity index (χ1n) is 8.38. The number of carbonyl (C=O) groups is 2. The lowest BCUT2D eigenvalue weighted by Gasteiger charge is -2.21. The van der Waals surface area contributed by atoms with Gasteiger partial charge in [0.05, 0.1) is 19.1 Å². The van der Waals surface area contributed by atoms with Crippen LogP contribution in [0.5, 0.6) is 0 Å². The molecule has 0 saturated heterocycles. The van der Waals surface area contributed by atoms with Gasteiger partial charge < -0.3 is 10.1 Å². The van der Waals surface area contributed by atoms with Gasteiger partial charge in [0.2, 0.25) is 0 Å². The number of esters is 1. The largest absolute Gasteiger partial charge is 0.466 e. The molecule has 0 aromatic heterocycles. The first-order chi connectivity index (χ1) is 10.8. The number of hydrogen-bond acceptors (Lipinski definition) is 4. The van der Waals surface area contributed by atoms with E-state index in [0.717, 1.165) is 40.7 Å². The SMILES string of the molecule is CCOC(=O)CC(NC1CC1)C(=O)c1c(C)c(C)cc(C)c1C. The monoisotopic (exact) mass is 317 g/mol. The molecule has 1 aromatic carbocycles. The van der Waals surface area contributed by atoms with Gasteiger partial charge in [-0.25, -0.2) is 0 Å². The average molecular weight is 317 g/mol. The Morgan fingerprint density at radius 3 is 2.22 bits per heavy atom. The normalized spacial score (nSPS) is 15.3. The smallest absolute Gasteiger partial charge is 0.307 e. The molecule has 1 unspecified atom stereocenters. The molecule has 126 valence electrons. The van der Waals surface area contributed by atoms with Gasteiger partial charge in [-0.05, 0) is 69.7 Å². The van der Waals surface area contributed by atoms with E-state index in [1.807, 2.05) is 27.7 Å². The van der Waals surface area contributed by atoms with E-state index in [2.05, 4.69) is 11.4 Å². The Labute approximate surface area is 138 Å². The summed E-state index contributed by atoms with van der Waals surface area (Å²) in [6.45, 7) is 10.1. The van der Waals surface area contributed by atoms with Crippen LogP contribution in [0.25, 0.3) is 0 Å². The molecule has 0 radical (unpaired) electrons. The second kappa shape index (κ2) is 7.26. The van der Waals surface area contributed by atoms with Crippen LogP contribution in [0.15, 0.2) is 6.07 Å². The minimum absolute atomic E-state index is 0.00625. The Bertz CT molecular complexity index is 591. The van der Waals surface area contributed by atoms with E-state index in [1.54, 1.807) is 6.92 Å². The summed E-state index contributed by atoms with van der Waals surface area (Å²) in [5.41, 5.74) is 4.98. The minimum atomic E-state index is -0.500. The Morgan fingerprint density at radius 1 is 1.17 bits per heavy atom. The first kappa shape index (κ1) is 17.7. The van der Waals surface area contributed by atoms with Gasteiger partial charge >= 0.3 is 5.97 Å². The molecule has 1 aromatic rings. The zero-order valence-corrected chi connectivity index (χ0v) is 14.8. The highest BCUT2D eigenvalue weighted by Gasteiger charge is 2.32. The lowest BCUT2D eigenvalue weighted by atomic mass is 9.88. The quantitative estimate of drug-likeness (QED) is 0.620. The maximum atomic E-state index is 13.1. The van der Waals surface area contributed by atoms with E-state index in [0.29, 0.717) is 12.6 Å². The van der Waals surface area contributed by atoms with E-state index in [9.17, 15) is 9.59 Å². The molecular formula is C19H27NO3. The standard InChI is InChI=1S/C19H27NO3/c1-6-23-17(21)10-16(20-15-7-8-15)19(22)18-13(4)11(2)9-12(3)14(18)5/h9,15-16,20H,6-8,10H2,1-5H3. The van der Waals surface area contributed by atoms with Crippen LogP contribution in [0, 0.1) is 27.7 Å². The molecule has 1 aliphatic rings. The number of ether oxygens (including phenoxy) is 1. The first-order valence-corrected chi connectivity index (χ1v) is 8.38. The molecule has 23 heavy (non-hydrogen) atoms. The van der Waals surface area contributed by atoms with Crippen LogP contribution < -0.4 is 5.32 Å². The molecule has 4 nitrogen and oxygen atoms in total. The fourth-order valence-electron chi connectivity index (χ4n) is 2.91. The summed E-state index contributed by atoms with van der Waals surface area (Å²) < 4.78 is 5.04. The van der Waals surface area contributed by atoms with Crippen molar-refractivity contribution in [3.8, 4) is 0 Å². The zero-order chi connectivity index (χ0) is 17.1. The second-order valence-electron chi connectivity index (χ2n) is 6.50. The number of aryl methyl sites for hydroxylation is 2. The van der Waals surface area contributed by atoms with Gasteiger partial charge in [0.15, 0.2) is 5.78 Å². The van der Waals surface area contributed by atoms with Gasteiger partial charge in [0.1, 0.15) is 0 Å². The maximum absolute atomic E-state index is 13.1. The van der Waals surface area contributed by atoms with Crippen LogP contribution in [0.3, 0.4) is 0 Å². The lowest BCUT2D eigenvalue weighted by molar-refractivity contribution is -0.143. The molecule has 1 fully saturated rings. The van der Waals surface area contributed by atoms with E-state index < -0.39 is 6.04 Å². The summed E-state index contributed by atoms with van der Waals surface area (Å²) >= 11 is 0. The number of rotatable bonds is 7. The Kier molecular flexibility index (Phi) is 5.58. The third-order valence-corrected chi connectivity index (χ3v) is 4.62. The van der Waals surface area contributed by atoms with Crippen LogP contribution in [-0.2, 0) is 9.53 Å². The van der Waals surface area contributed by atoms with Crippen LogP contribution in [0.1, 0.15) is 58.8 Å². The molecule has 1 aliphatic carbocycles. The third-order valence-electron chi connectivity index (χ3n) is 4.62. The number of ketones is 1. The van der Waals surface area contributed by atoms with Crippen molar-refractivity contribution >= 4 is 11.8 Å². The van der Waals surface area contributed by atoms with Gasteiger partial charge in [-0.1, -0.05) is 6.07 Å². The molecule has 1 atom stereocenters. The molecular weight excluding hydrogens is 290 g/mol. The van der Waals surface area contributed by atoms with Crippen molar-refractivity contribution in [2.75, 3.05) is 6.61 Å². The van der Waals surface area contributed by atoms with Gasteiger partial charge in [-0.15, -0.1) is 0 Å². The van der Waals surface area contributed by atoms with Crippen molar-refractivity contribution < 1.29 is 14.3 Å². The molecule has 0 aliphatic heterocycles. The number of nitrogens with one attached hydrogen (secondary N) is 1. The van der Waals surface area contributed by atoms with Crippen molar-refractivity contribution in [3.63, 3.8) is 0 Å². The fraction of sp³-hybridized carbons (Fsp3) is 0.579. The third kappa shape index (κ3) is 4.20. The van der Waals surface area contributed by atoms with Gasteiger partial charge in [-0.3, -0.25) is 9.59 Å². The van der Waals surface area contributed by atoms with E-state index in [1.165, 1.54) is 0 Å². The molecule has 0 amide bonds. The van der Waals surface area contributed by atoms with E-state index in [-0.39, 0.29) is 18.2 Å². The molecule has 1 N–H and O–H groups in total. The summed E-state index contributed by atoms with van der Waals surface area (Å²) in [6, 6.07) is 1.96. The zero-order valence-electron chi connectivity index (χ0n) is 14.8. The van der Waals surface area contributed by atoms with Crippen LogP contribution in [-0.4, -0.2) is 30.4 Å². The Hall–Kier alpha value is -1.68. The van der Waals surface area contributed by atoms with Gasteiger partial charge in [0.25, 0.3) is 0 Å². The number of carbonyl (C=O) groups excluding carboxylic acids is 2. The highest BCUT2D eigenvalue weighted by molar-refractivity contribution is 6.04. The number of benzene rings is 1. The fourth-order valence-corrected chi connectivity index (χ4v) is 2.91. The minimum Gasteiger partial charge on any atom is -0.466 e. The summed E-state index contributed by atoms with van der Waals surface area (Å²) in [5, 5.41) is 3.32. The average Bonchev–Trinajstić information content (AvgIpc) is 3.29. The van der Waals surface area contributed by atoms with Gasteiger partial charge in [-0.2, -0.15) is 0 Å². The Balaban J connectivity index is 2.31. The number of hydrogen-bond donors (Lipinski definition) is 1. The van der Waals surface area contributed by atoms with Crippen molar-refractivity contribution in [2.45, 2.75) is 66.0 Å². The molecule has 4 heteroatoms. The van der Waals surface area contributed by atoms with Crippen LogP contribution in [0.4, 0.5) is 0 Å². The lowest BCUT2D eigenvalue weighted by Crippen LogP contribution is -2.41. The number of Topliss-reactive ketones (excluding diaryl/α,β-unsaturated/α-hetero) is 1. The van der Waals surface area contributed by atoms with Gasteiger partial charge in [0, 0.05) is 11.6 Å². The van der Waals surface area contributed by atoms with E-state index >= 15 is 0 Å². The van der Waals surface area contributed by atoms with Crippen molar-refractivity contribution in [2.24, 2.45) is 0 Å². The van der Waals surface area contributed by atoms with Crippen molar-refractivity contribution in [3.05, 3.63) is 33.9 Å². The molecule has 0 spiro atoms. The summed E-state index contributed by atoms with van der Waals surface area (Å²) in [6.07, 6.45) is 2.23. The summed E-state index contributed by atoms with van der Waals surface area (Å²) in [5.74, 6) is -0.314. The van der Waals surface area contributed by atoms with Crippen molar-refractivity contribution in [1.29, 1.82) is 0 Å². The highest BCUT2D eigenvalue weighted by Crippen LogP contribution is 2.26. The predicted octanol–water partition coefficient (Wildman–Crippen LogP) is 3.18. The Morgan fingerprint density at radius 2 is 1.74 bits per heavy atom. The summed E-state index contributed by atoms with van der Waals surface area (Å²) in [7, 11) is 0. The second-order valence-corrected chi connectivity index (χ2v) is 6.50. The topological polar surface area (TPSA) is 55.4 Å². The van der Waals surface area contributed by atoms with Crippen molar-refractivity contribution in [1.82, 2.24) is 5.32 Å². The predicted molar refractivity (Wildman–Crippen MR) is 90.9 cm³/mol. The molecule has 0 heterocycles. The highest BCUT2D eigenvalue weighted by atomic mass is 16.5. The molecule has 1 saturated carbocycles. The van der Waals surface area contributed by atoms with Crippen LogP contribution >= 0.6 is 0 Å². The summed E-state index contributed by atoms with van der Waals surface area (Å²) in [4.78, 5) is 25.0. The van der Waals surface area contributed by atoms with Crippen LogP contribution in [0.2, 0.25) is 0 Å². The molecule has 2 rings (SSSR count). The molecule has 0 bridgehead atoms.